The molecule has 0 amide bonds. The van der Waals surface area contributed by atoms with E-state index in [2.05, 4.69) is 20.9 Å². The van der Waals surface area contributed by atoms with Gasteiger partial charge in [-0.1, -0.05) is 34.1 Å². The topological polar surface area (TPSA) is 61.2 Å². The summed E-state index contributed by atoms with van der Waals surface area (Å²) in [4.78, 5) is 29.7. The number of carbonyl (C=O) groups is 1. The Morgan fingerprint density at radius 3 is 2.96 bits per heavy atom. The van der Waals surface area contributed by atoms with Crippen molar-refractivity contribution in [2.75, 3.05) is 13.7 Å². The number of methoxy groups -OCH3 is 1. The maximum Gasteiger partial charge on any atom is 0.262 e. The molecule has 0 bridgehead atoms. The van der Waals surface area contributed by atoms with Crippen molar-refractivity contribution in [1.29, 1.82) is 0 Å². The molecule has 24 heavy (non-hydrogen) atoms. The van der Waals surface area contributed by atoms with E-state index >= 15 is 0 Å². The van der Waals surface area contributed by atoms with Crippen LogP contribution >= 0.6 is 27.7 Å². The van der Waals surface area contributed by atoms with Crippen molar-refractivity contribution < 1.29 is 9.53 Å². The Bertz CT molecular complexity index is 821. The number of Topliss-reactive ketones (excluding diaryl/α,β-unsaturated/α-hetero) is 1. The summed E-state index contributed by atoms with van der Waals surface area (Å²) in [6, 6.07) is 5.48. The van der Waals surface area contributed by atoms with E-state index in [4.69, 9.17) is 4.74 Å². The van der Waals surface area contributed by atoms with Crippen molar-refractivity contribution in [3.05, 3.63) is 33.0 Å². The first-order valence-electron chi connectivity index (χ1n) is 7.98. The Balaban J connectivity index is 2.05. The molecule has 128 valence electrons. The molecule has 1 fully saturated rings. The number of nitrogens with zero attached hydrogens (tertiary/aromatic N) is 2. The molecule has 2 aromatic rings. The average Bonchev–Trinajstić information content (AvgIpc) is 2.57. The van der Waals surface area contributed by atoms with Gasteiger partial charge in [0, 0.05) is 18.0 Å². The van der Waals surface area contributed by atoms with Crippen molar-refractivity contribution in [3.8, 4) is 0 Å². The predicted molar refractivity (Wildman–Crippen MR) is 98.7 cm³/mol. The molecule has 1 aliphatic carbocycles. The molecule has 1 saturated carbocycles. The second kappa shape index (κ2) is 7.80. The van der Waals surface area contributed by atoms with Gasteiger partial charge in [-0.05, 0) is 31.0 Å². The van der Waals surface area contributed by atoms with Gasteiger partial charge in [0.1, 0.15) is 5.78 Å². The van der Waals surface area contributed by atoms with E-state index in [9.17, 15) is 9.59 Å². The van der Waals surface area contributed by atoms with Gasteiger partial charge in [0.05, 0.1) is 29.3 Å². The second-order valence-electron chi connectivity index (χ2n) is 5.82. The lowest BCUT2D eigenvalue weighted by Crippen LogP contribution is -2.28. The third-order valence-corrected chi connectivity index (χ3v) is 5.95. The molecule has 0 saturated heterocycles. The molecule has 7 heteroatoms. The number of hydrogen-bond acceptors (Lipinski definition) is 5. The third kappa shape index (κ3) is 3.73. The minimum absolute atomic E-state index is 0.0934. The van der Waals surface area contributed by atoms with E-state index in [-0.39, 0.29) is 16.6 Å². The van der Waals surface area contributed by atoms with Gasteiger partial charge in [-0.3, -0.25) is 14.2 Å². The first kappa shape index (κ1) is 17.6. The lowest BCUT2D eigenvalue weighted by molar-refractivity contribution is -0.119. The Morgan fingerprint density at radius 2 is 2.21 bits per heavy atom. The maximum atomic E-state index is 12.9. The van der Waals surface area contributed by atoms with Gasteiger partial charge in [0.2, 0.25) is 0 Å². The summed E-state index contributed by atoms with van der Waals surface area (Å²) in [6.07, 6.45) is 3.49. The van der Waals surface area contributed by atoms with Gasteiger partial charge in [-0.25, -0.2) is 4.98 Å². The van der Waals surface area contributed by atoms with Crippen LogP contribution in [-0.4, -0.2) is 34.3 Å². The highest BCUT2D eigenvalue weighted by atomic mass is 79.9. The van der Waals surface area contributed by atoms with Crippen LogP contribution in [0.4, 0.5) is 0 Å². The number of halogens is 1. The quantitative estimate of drug-likeness (QED) is 0.706. The summed E-state index contributed by atoms with van der Waals surface area (Å²) in [5.74, 6) is 0.259. The van der Waals surface area contributed by atoms with Gasteiger partial charge in [-0.15, -0.1) is 0 Å². The number of aromatic nitrogens is 2. The van der Waals surface area contributed by atoms with Crippen molar-refractivity contribution in [2.45, 2.75) is 42.6 Å². The van der Waals surface area contributed by atoms with Crippen molar-refractivity contribution in [1.82, 2.24) is 9.55 Å². The van der Waals surface area contributed by atoms with Crippen LogP contribution in [0, 0.1) is 0 Å². The molecule has 3 rings (SSSR count). The summed E-state index contributed by atoms with van der Waals surface area (Å²) in [6.45, 7) is 0.849. The summed E-state index contributed by atoms with van der Waals surface area (Å²) >= 11 is 4.82. The average molecular weight is 411 g/mol. The van der Waals surface area contributed by atoms with Gasteiger partial charge < -0.3 is 4.74 Å². The molecule has 0 radical (unpaired) electrons. The van der Waals surface area contributed by atoms with Crippen molar-refractivity contribution in [3.63, 3.8) is 0 Å². The normalized spacial score (nSPS) is 18.2. The Labute approximate surface area is 152 Å². The van der Waals surface area contributed by atoms with Crippen LogP contribution in [0.1, 0.15) is 25.7 Å². The van der Waals surface area contributed by atoms with Crippen LogP contribution < -0.4 is 5.56 Å². The highest BCUT2D eigenvalue weighted by molar-refractivity contribution is 9.10. The van der Waals surface area contributed by atoms with Crippen LogP contribution in [0.3, 0.4) is 0 Å². The summed E-state index contributed by atoms with van der Waals surface area (Å²) in [5.41, 5.74) is 0.562. The van der Waals surface area contributed by atoms with Crippen molar-refractivity contribution >= 4 is 44.4 Å². The first-order chi connectivity index (χ1) is 11.6. The zero-order valence-electron chi connectivity index (χ0n) is 13.5. The van der Waals surface area contributed by atoms with Crippen LogP contribution in [0.15, 0.2) is 32.6 Å². The van der Waals surface area contributed by atoms with Gasteiger partial charge in [-0.2, -0.15) is 0 Å². The molecule has 1 heterocycles. The number of rotatable bonds is 5. The molecule has 0 spiro atoms. The van der Waals surface area contributed by atoms with Gasteiger partial charge in [0.25, 0.3) is 5.56 Å². The number of thioether (sulfide) groups is 1. The SMILES string of the molecule is COCCn1c(S[C@H]2CCCCC2=O)nc2ccc(Br)cc2c1=O. The van der Waals surface area contributed by atoms with E-state index in [1.165, 1.54) is 11.8 Å². The van der Waals surface area contributed by atoms with E-state index in [0.717, 1.165) is 23.7 Å². The first-order valence-corrected chi connectivity index (χ1v) is 9.66. The molecule has 1 aromatic heterocycles. The fraction of sp³-hybridized carbons (Fsp3) is 0.471. The van der Waals surface area contributed by atoms with Crippen molar-refractivity contribution in [2.24, 2.45) is 0 Å². The lowest BCUT2D eigenvalue weighted by atomic mass is 9.99. The third-order valence-electron chi connectivity index (χ3n) is 4.15. The molecule has 0 N–H and O–H groups in total. The van der Waals surface area contributed by atoms with E-state index in [0.29, 0.717) is 35.6 Å². The Hall–Kier alpha value is -1.18. The van der Waals surface area contributed by atoms with E-state index in [1.807, 2.05) is 12.1 Å². The predicted octanol–water partition coefficient (Wildman–Crippen LogP) is 3.41. The Morgan fingerprint density at radius 1 is 1.38 bits per heavy atom. The minimum Gasteiger partial charge on any atom is -0.383 e. The fourth-order valence-electron chi connectivity index (χ4n) is 2.85. The highest BCUT2D eigenvalue weighted by Gasteiger charge is 2.25. The monoisotopic (exact) mass is 410 g/mol. The largest absolute Gasteiger partial charge is 0.383 e. The molecule has 1 aliphatic rings. The molecule has 5 nitrogen and oxygen atoms in total. The smallest absolute Gasteiger partial charge is 0.262 e. The highest BCUT2D eigenvalue weighted by Crippen LogP contribution is 2.31. The Kier molecular flexibility index (Phi) is 5.73. The molecular weight excluding hydrogens is 392 g/mol. The van der Waals surface area contributed by atoms with Crippen LogP contribution in [0.2, 0.25) is 0 Å². The van der Waals surface area contributed by atoms with E-state index < -0.39 is 0 Å². The zero-order chi connectivity index (χ0) is 17.1. The molecule has 0 aliphatic heterocycles. The number of hydrogen-bond donors (Lipinski definition) is 0. The summed E-state index contributed by atoms with van der Waals surface area (Å²) in [7, 11) is 1.60. The summed E-state index contributed by atoms with van der Waals surface area (Å²) in [5, 5.41) is 1.07. The molecule has 1 atom stereocenters. The number of carbonyl (C=O) groups excluding carboxylic acids is 1. The number of ether oxygens (including phenoxy) is 1. The number of ketones is 1. The molecule has 1 aromatic carbocycles. The number of fused-ring (bicyclic) bond motifs is 1. The zero-order valence-corrected chi connectivity index (χ0v) is 15.9. The summed E-state index contributed by atoms with van der Waals surface area (Å²) < 4.78 is 7.60. The van der Waals surface area contributed by atoms with Crippen LogP contribution in [-0.2, 0) is 16.1 Å². The van der Waals surface area contributed by atoms with Gasteiger partial charge in [0.15, 0.2) is 5.16 Å². The number of benzene rings is 1. The minimum atomic E-state index is -0.104. The standard InChI is InChI=1S/C17H19BrN2O3S/c1-23-9-8-20-16(22)12-10-11(18)6-7-13(12)19-17(20)24-15-5-3-2-4-14(15)21/h6-7,10,15H,2-5,8-9H2,1H3/t15-/m0/s1. The van der Waals surface area contributed by atoms with Crippen LogP contribution in [0.5, 0.6) is 0 Å². The molecule has 0 unspecified atom stereocenters. The lowest BCUT2D eigenvalue weighted by Gasteiger charge is -2.21. The van der Waals surface area contributed by atoms with Crippen LogP contribution in [0.25, 0.3) is 10.9 Å². The fourth-order valence-corrected chi connectivity index (χ4v) is 4.45. The van der Waals surface area contributed by atoms with E-state index in [1.54, 1.807) is 17.7 Å². The van der Waals surface area contributed by atoms with Gasteiger partial charge >= 0.3 is 0 Å². The maximum absolute atomic E-state index is 12.9. The second-order valence-corrected chi connectivity index (χ2v) is 7.91. The molecular formula is C17H19BrN2O3S.